The lowest BCUT2D eigenvalue weighted by Gasteiger charge is -2.07. The van der Waals surface area contributed by atoms with Crippen LogP contribution in [0, 0.1) is 5.92 Å². The molecule has 0 aliphatic rings. The van der Waals surface area contributed by atoms with Crippen LogP contribution in [0.25, 0.3) is 0 Å². The SMILES string of the molecule is CC(C)=CCC(C)C(=O)c1ccccc1. The number of rotatable bonds is 4. The summed E-state index contributed by atoms with van der Waals surface area (Å²) in [4.78, 5) is 11.9. The number of Topliss-reactive ketones (excluding diaryl/α,β-unsaturated/α-hetero) is 1. The van der Waals surface area contributed by atoms with Crippen molar-refractivity contribution in [3.8, 4) is 0 Å². The Kier molecular flexibility index (Phi) is 4.29. The first kappa shape index (κ1) is 11.7. The number of allylic oxidation sites excluding steroid dienone is 2. The topological polar surface area (TPSA) is 17.1 Å². The van der Waals surface area contributed by atoms with Crippen LogP contribution in [0.15, 0.2) is 42.0 Å². The Balaban J connectivity index is 2.65. The summed E-state index contributed by atoms with van der Waals surface area (Å²) >= 11 is 0. The lowest BCUT2D eigenvalue weighted by Crippen LogP contribution is -2.10. The van der Waals surface area contributed by atoms with E-state index >= 15 is 0 Å². The molecule has 1 aromatic carbocycles. The summed E-state index contributed by atoms with van der Waals surface area (Å²) in [6.45, 7) is 6.09. The number of ketones is 1. The molecule has 15 heavy (non-hydrogen) atoms. The van der Waals surface area contributed by atoms with E-state index in [-0.39, 0.29) is 11.7 Å². The summed E-state index contributed by atoms with van der Waals surface area (Å²) in [7, 11) is 0. The van der Waals surface area contributed by atoms with E-state index in [0.717, 1.165) is 12.0 Å². The van der Waals surface area contributed by atoms with Gasteiger partial charge in [-0.3, -0.25) is 4.79 Å². The van der Waals surface area contributed by atoms with E-state index < -0.39 is 0 Å². The van der Waals surface area contributed by atoms with Crippen LogP contribution in [-0.2, 0) is 0 Å². The first-order chi connectivity index (χ1) is 7.11. The summed E-state index contributed by atoms with van der Waals surface area (Å²) < 4.78 is 0. The van der Waals surface area contributed by atoms with Crippen LogP contribution in [0.2, 0.25) is 0 Å². The molecular formula is C14H18O. The second kappa shape index (κ2) is 5.50. The fraction of sp³-hybridized carbons (Fsp3) is 0.357. The van der Waals surface area contributed by atoms with Gasteiger partial charge in [0.05, 0.1) is 0 Å². The number of benzene rings is 1. The van der Waals surface area contributed by atoms with E-state index in [9.17, 15) is 4.79 Å². The smallest absolute Gasteiger partial charge is 0.165 e. The van der Waals surface area contributed by atoms with Gasteiger partial charge in [0.25, 0.3) is 0 Å². The van der Waals surface area contributed by atoms with E-state index in [0.29, 0.717) is 0 Å². The molecule has 0 radical (unpaired) electrons. The van der Waals surface area contributed by atoms with Crippen molar-refractivity contribution in [2.45, 2.75) is 27.2 Å². The van der Waals surface area contributed by atoms with Crippen LogP contribution in [0.3, 0.4) is 0 Å². The minimum Gasteiger partial charge on any atom is -0.294 e. The van der Waals surface area contributed by atoms with Crippen LogP contribution >= 0.6 is 0 Å². The van der Waals surface area contributed by atoms with Crippen molar-refractivity contribution in [2.24, 2.45) is 5.92 Å². The molecular weight excluding hydrogens is 184 g/mol. The van der Waals surface area contributed by atoms with Crippen molar-refractivity contribution in [3.63, 3.8) is 0 Å². The molecule has 0 saturated heterocycles. The fourth-order valence-corrected chi connectivity index (χ4v) is 1.41. The van der Waals surface area contributed by atoms with Crippen LogP contribution in [-0.4, -0.2) is 5.78 Å². The Hall–Kier alpha value is -1.37. The third-order valence-corrected chi connectivity index (χ3v) is 2.39. The summed E-state index contributed by atoms with van der Waals surface area (Å²) in [5.41, 5.74) is 2.08. The Labute approximate surface area is 91.8 Å². The second-order valence-electron chi connectivity index (χ2n) is 4.15. The Morgan fingerprint density at radius 1 is 1.27 bits per heavy atom. The van der Waals surface area contributed by atoms with Crippen LogP contribution in [0.4, 0.5) is 0 Å². The minimum atomic E-state index is 0.0716. The highest BCUT2D eigenvalue weighted by Crippen LogP contribution is 2.13. The van der Waals surface area contributed by atoms with Crippen molar-refractivity contribution >= 4 is 5.78 Å². The molecule has 0 saturated carbocycles. The van der Waals surface area contributed by atoms with Gasteiger partial charge in [-0.1, -0.05) is 48.9 Å². The molecule has 0 heterocycles. The normalized spacial score (nSPS) is 11.9. The van der Waals surface area contributed by atoms with E-state index in [4.69, 9.17) is 0 Å². The van der Waals surface area contributed by atoms with Crippen molar-refractivity contribution in [1.29, 1.82) is 0 Å². The molecule has 0 spiro atoms. The molecule has 1 heteroatoms. The van der Waals surface area contributed by atoms with Gasteiger partial charge in [0.15, 0.2) is 5.78 Å². The lowest BCUT2D eigenvalue weighted by atomic mass is 9.96. The molecule has 1 rings (SSSR count). The third-order valence-electron chi connectivity index (χ3n) is 2.39. The predicted octanol–water partition coefficient (Wildman–Crippen LogP) is 3.86. The zero-order valence-corrected chi connectivity index (χ0v) is 9.66. The monoisotopic (exact) mass is 202 g/mol. The van der Waals surface area contributed by atoms with E-state index in [1.807, 2.05) is 37.3 Å². The lowest BCUT2D eigenvalue weighted by molar-refractivity contribution is 0.0931. The van der Waals surface area contributed by atoms with E-state index in [1.165, 1.54) is 5.57 Å². The van der Waals surface area contributed by atoms with Crippen LogP contribution < -0.4 is 0 Å². The van der Waals surface area contributed by atoms with Gasteiger partial charge in [-0.2, -0.15) is 0 Å². The molecule has 0 aliphatic carbocycles. The first-order valence-electron chi connectivity index (χ1n) is 5.34. The molecule has 1 atom stereocenters. The maximum absolute atomic E-state index is 11.9. The van der Waals surface area contributed by atoms with Gasteiger partial charge in [-0.25, -0.2) is 0 Å². The van der Waals surface area contributed by atoms with Crippen molar-refractivity contribution in [1.82, 2.24) is 0 Å². The second-order valence-corrected chi connectivity index (χ2v) is 4.15. The zero-order valence-electron chi connectivity index (χ0n) is 9.66. The van der Waals surface area contributed by atoms with Gasteiger partial charge in [0, 0.05) is 11.5 Å². The van der Waals surface area contributed by atoms with Crippen molar-refractivity contribution < 1.29 is 4.79 Å². The molecule has 0 fully saturated rings. The molecule has 0 aromatic heterocycles. The molecule has 1 nitrogen and oxygen atoms in total. The highest BCUT2D eigenvalue weighted by Gasteiger charge is 2.12. The third kappa shape index (κ3) is 3.70. The van der Waals surface area contributed by atoms with Gasteiger partial charge in [-0.15, -0.1) is 0 Å². The van der Waals surface area contributed by atoms with Crippen LogP contribution in [0.5, 0.6) is 0 Å². The molecule has 0 aliphatic heterocycles. The molecule has 1 unspecified atom stereocenters. The predicted molar refractivity (Wildman–Crippen MR) is 64.0 cm³/mol. The van der Waals surface area contributed by atoms with Gasteiger partial charge >= 0.3 is 0 Å². The summed E-state index contributed by atoms with van der Waals surface area (Å²) in [6, 6.07) is 9.49. The Morgan fingerprint density at radius 3 is 2.40 bits per heavy atom. The minimum absolute atomic E-state index is 0.0716. The number of carbonyl (C=O) groups excluding carboxylic acids is 1. The Bertz CT molecular complexity index is 345. The summed E-state index contributed by atoms with van der Waals surface area (Å²) in [5.74, 6) is 0.301. The molecule has 0 amide bonds. The fourth-order valence-electron chi connectivity index (χ4n) is 1.41. The van der Waals surface area contributed by atoms with Gasteiger partial charge in [0.2, 0.25) is 0 Å². The first-order valence-corrected chi connectivity index (χ1v) is 5.34. The average molecular weight is 202 g/mol. The van der Waals surface area contributed by atoms with Crippen LogP contribution in [0.1, 0.15) is 37.6 Å². The standard InChI is InChI=1S/C14H18O/c1-11(2)9-10-12(3)14(15)13-7-5-4-6-8-13/h4-9,12H,10H2,1-3H3. The molecule has 80 valence electrons. The largest absolute Gasteiger partial charge is 0.294 e. The van der Waals surface area contributed by atoms with Gasteiger partial charge in [-0.05, 0) is 20.3 Å². The number of hydrogen-bond donors (Lipinski definition) is 0. The molecule has 0 N–H and O–H groups in total. The van der Waals surface area contributed by atoms with E-state index in [2.05, 4.69) is 19.9 Å². The summed E-state index contributed by atoms with van der Waals surface area (Å²) in [5, 5.41) is 0. The summed E-state index contributed by atoms with van der Waals surface area (Å²) in [6.07, 6.45) is 2.95. The maximum atomic E-state index is 11.9. The number of carbonyl (C=O) groups is 1. The quantitative estimate of drug-likeness (QED) is 0.535. The maximum Gasteiger partial charge on any atom is 0.165 e. The Morgan fingerprint density at radius 2 is 1.87 bits per heavy atom. The number of hydrogen-bond acceptors (Lipinski definition) is 1. The van der Waals surface area contributed by atoms with E-state index in [1.54, 1.807) is 0 Å². The molecule has 1 aromatic rings. The molecule has 0 bridgehead atoms. The van der Waals surface area contributed by atoms with Crippen molar-refractivity contribution in [2.75, 3.05) is 0 Å². The highest BCUT2D eigenvalue weighted by molar-refractivity contribution is 5.97. The highest BCUT2D eigenvalue weighted by atomic mass is 16.1. The van der Waals surface area contributed by atoms with Gasteiger partial charge < -0.3 is 0 Å². The van der Waals surface area contributed by atoms with Crippen molar-refractivity contribution in [3.05, 3.63) is 47.5 Å². The van der Waals surface area contributed by atoms with Gasteiger partial charge in [0.1, 0.15) is 0 Å². The average Bonchev–Trinajstić information content (AvgIpc) is 2.26. The zero-order chi connectivity index (χ0) is 11.3.